The Labute approximate surface area is 109 Å². The molecule has 5 heteroatoms. The highest BCUT2D eigenvalue weighted by molar-refractivity contribution is 9.10. The smallest absolute Gasteiger partial charge is 0.106 e. The van der Waals surface area contributed by atoms with Gasteiger partial charge in [-0.05, 0) is 40.5 Å². The molecule has 2 heterocycles. The van der Waals surface area contributed by atoms with Gasteiger partial charge in [-0.1, -0.05) is 6.07 Å². The first-order chi connectivity index (χ1) is 8.24. The van der Waals surface area contributed by atoms with Crippen molar-refractivity contribution in [1.82, 2.24) is 20.1 Å². The molecule has 2 aromatic heterocycles. The predicted octanol–water partition coefficient (Wildman–Crippen LogP) is 2.14. The van der Waals surface area contributed by atoms with E-state index in [1.54, 1.807) is 0 Å². The topological polar surface area (TPSA) is 42.7 Å². The first-order valence-electron chi connectivity index (χ1n) is 5.55. The van der Waals surface area contributed by atoms with Crippen LogP contribution >= 0.6 is 15.9 Å². The number of halogens is 1. The largest absolute Gasteiger partial charge is 0.309 e. The molecule has 0 fully saturated rings. The van der Waals surface area contributed by atoms with Gasteiger partial charge in [-0.2, -0.15) is 5.10 Å². The van der Waals surface area contributed by atoms with Crippen LogP contribution in [0.4, 0.5) is 0 Å². The fourth-order valence-electron chi connectivity index (χ4n) is 1.55. The van der Waals surface area contributed by atoms with Gasteiger partial charge in [0.2, 0.25) is 0 Å². The van der Waals surface area contributed by atoms with Crippen LogP contribution in [0.5, 0.6) is 0 Å². The van der Waals surface area contributed by atoms with Gasteiger partial charge >= 0.3 is 0 Å². The van der Waals surface area contributed by atoms with Crippen LogP contribution in [-0.4, -0.2) is 21.3 Å². The second kappa shape index (κ2) is 5.93. The summed E-state index contributed by atoms with van der Waals surface area (Å²) in [6.07, 6.45) is 3.91. The van der Waals surface area contributed by atoms with Crippen molar-refractivity contribution in [1.29, 1.82) is 0 Å². The van der Waals surface area contributed by atoms with Crippen molar-refractivity contribution in [3.05, 3.63) is 46.5 Å². The van der Waals surface area contributed by atoms with Gasteiger partial charge < -0.3 is 5.32 Å². The molecule has 90 valence electrons. The van der Waals surface area contributed by atoms with Gasteiger partial charge in [0.1, 0.15) is 4.60 Å². The molecule has 0 aliphatic rings. The fourth-order valence-corrected chi connectivity index (χ4v) is 1.93. The molecule has 2 aromatic rings. The average molecular weight is 295 g/mol. The molecular weight excluding hydrogens is 280 g/mol. The number of nitrogens with zero attached hydrogens (tertiary/aromatic N) is 3. The van der Waals surface area contributed by atoms with Crippen molar-refractivity contribution < 1.29 is 0 Å². The predicted molar refractivity (Wildman–Crippen MR) is 70.6 cm³/mol. The van der Waals surface area contributed by atoms with Gasteiger partial charge in [0.05, 0.1) is 18.4 Å². The zero-order valence-electron chi connectivity index (χ0n) is 9.73. The van der Waals surface area contributed by atoms with E-state index in [2.05, 4.69) is 31.3 Å². The lowest BCUT2D eigenvalue weighted by Gasteiger charge is -2.04. The number of nitrogens with one attached hydrogen (secondary N) is 1. The third kappa shape index (κ3) is 3.94. The Morgan fingerprint density at radius 1 is 1.41 bits per heavy atom. The third-order valence-corrected chi connectivity index (χ3v) is 2.80. The summed E-state index contributed by atoms with van der Waals surface area (Å²) >= 11 is 3.36. The summed E-state index contributed by atoms with van der Waals surface area (Å²) in [6.45, 7) is 4.58. The van der Waals surface area contributed by atoms with Gasteiger partial charge in [0.25, 0.3) is 0 Å². The molecule has 0 aliphatic carbocycles. The minimum Gasteiger partial charge on any atom is -0.309 e. The van der Waals surface area contributed by atoms with E-state index in [1.165, 1.54) is 5.56 Å². The summed E-state index contributed by atoms with van der Waals surface area (Å²) in [5.74, 6) is 0. The lowest BCUT2D eigenvalue weighted by Crippen LogP contribution is -2.20. The van der Waals surface area contributed by atoms with Gasteiger partial charge in [-0.15, -0.1) is 0 Å². The minimum atomic E-state index is 0.777. The van der Waals surface area contributed by atoms with E-state index in [0.29, 0.717) is 0 Å². The van der Waals surface area contributed by atoms with Crippen LogP contribution in [0, 0.1) is 6.92 Å². The zero-order chi connectivity index (χ0) is 12.1. The highest BCUT2D eigenvalue weighted by atomic mass is 79.9. The molecule has 0 amide bonds. The number of hydrogen-bond acceptors (Lipinski definition) is 3. The maximum absolute atomic E-state index is 4.35. The average Bonchev–Trinajstić information content (AvgIpc) is 2.71. The minimum absolute atomic E-state index is 0.777. The van der Waals surface area contributed by atoms with E-state index in [-0.39, 0.29) is 0 Å². The number of pyridine rings is 1. The Morgan fingerprint density at radius 2 is 2.29 bits per heavy atom. The van der Waals surface area contributed by atoms with Gasteiger partial charge in [0.15, 0.2) is 0 Å². The first kappa shape index (κ1) is 12.3. The van der Waals surface area contributed by atoms with Crippen molar-refractivity contribution in [3.63, 3.8) is 0 Å². The molecule has 2 rings (SSSR count). The lowest BCUT2D eigenvalue weighted by molar-refractivity contribution is 0.551. The molecule has 0 aromatic carbocycles. The van der Waals surface area contributed by atoms with Crippen molar-refractivity contribution >= 4 is 15.9 Å². The summed E-state index contributed by atoms with van der Waals surface area (Å²) in [7, 11) is 0. The van der Waals surface area contributed by atoms with Crippen LogP contribution in [0.25, 0.3) is 0 Å². The lowest BCUT2D eigenvalue weighted by atomic mass is 10.3. The molecule has 0 unspecified atom stereocenters. The molecule has 0 saturated carbocycles. The van der Waals surface area contributed by atoms with Crippen molar-refractivity contribution in [3.8, 4) is 0 Å². The van der Waals surface area contributed by atoms with E-state index in [4.69, 9.17) is 0 Å². The summed E-state index contributed by atoms with van der Waals surface area (Å²) < 4.78 is 2.82. The highest BCUT2D eigenvalue weighted by Crippen LogP contribution is 2.05. The normalized spacial score (nSPS) is 10.7. The number of hydrogen-bond donors (Lipinski definition) is 1. The summed E-state index contributed by atoms with van der Waals surface area (Å²) in [5.41, 5.74) is 2.23. The van der Waals surface area contributed by atoms with Crippen LogP contribution in [0.15, 0.2) is 35.2 Å². The SMILES string of the molecule is Cc1cnn(CCNCc2cccc(Br)n2)c1. The van der Waals surface area contributed by atoms with Crippen LogP contribution in [-0.2, 0) is 13.1 Å². The molecule has 17 heavy (non-hydrogen) atoms. The van der Waals surface area contributed by atoms with Crippen molar-refractivity contribution in [2.75, 3.05) is 6.54 Å². The van der Waals surface area contributed by atoms with Gasteiger partial charge in [-0.25, -0.2) is 4.98 Å². The molecule has 4 nitrogen and oxygen atoms in total. The Bertz CT molecular complexity index is 481. The maximum Gasteiger partial charge on any atom is 0.106 e. The zero-order valence-corrected chi connectivity index (χ0v) is 11.3. The molecular formula is C12H15BrN4. The molecule has 0 saturated heterocycles. The van der Waals surface area contributed by atoms with Gasteiger partial charge in [-0.3, -0.25) is 4.68 Å². The van der Waals surface area contributed by atoms with Gasteiger partial charge in [0, 0.05) is 19.3 Å². The van der Waals surface area contributed by atoms with Crippen LogP contribution in [0.2, 0.25) is 0 Å². The highest BCUT2D eigenvalue weighted by Gasteiger charge is 1.96. The second-order valence-corrected chi connectivity index (χ2v) is 4.72. The maximum atomic E-state index is 4.35. The monoisotopic (exact) mass is 294 g/mol. The summed E-state index contributed by atoms with van der Waals surface area (Å²) in [4.78, 5) is 4.35. The van der Waals surface area contributed by atoms with Crippen LogP contribution in [0.1, 0.15) is 11.3 Å². The van der Waals surface area contributed by atoms with E-state index in [0.717, 1.165) is 29.9 Å². The second-order valence-electron chi connectivity index (χ2n) is 3.91. The number of aryl methyl sites for hydroxylation is 1. The van der Waals surface area contributed by atoms with E-state index < -0.39 is 0 Å². The Balaban J connectivity index is 1.73. The Hall–Kier alpha value is -1.20. The standard InChI is InChI=1S/C12H15BrN4/c1-10-7-15-17(9-10)6-5-14-8-11-3-2-4-12(13)16-11/h2-4,7,9,14H,5-6,8H2,1H3. The molecule has 0 radical (unpaired) electrons. The summed E-state index contributed by atoms with van der Waals surface area (Å²) in [5, 5.41) is 7.57. The number of aromatic nitrogens is 3. The molecule has 1 N–H and O–H groups in total. The van der Waals surface area contributed by atoms with Crippen LogP contribution in [0.3, 0.4) is 0 Å². The van der Waals surface area contributed by atoms with Crippen molar-refractivity contribution in [2.45, 2.75) is 20.0 Å². The fraction of sp³-hybridized carbons (Fsp3) is 0.333. The molecule has 0 aliphatic heterocycles. The molecule has 0 bridgehead atoms. The Kier molecular flexibility index (Phi) is 4.28. The quantitative estimate of drug-likeness (QED) is 0.679. The first-order valence-corrected chi connectivity index (χ1v) is 6.34. The molecule has 0 atom stereocenters. The van der Waals surface area contributed by atoms with E-state index in [1.807, 2.05) is 42.2 Å². The summed E-state index contributed by atoms with van der Waals surface area (Å²) in [6, 6.07) is 5.93. The molecule has 0 spiro atoms. The van der Waals surface area contributed by atoms with E-state index >= 15 is 0 Å². The van der Waals surface area contributed by atoms with Crippen molar-refractivity contribution in [2.24, 2.45) is 0 Å². The third-order valence-electron chi connectivity index (χ3n) is 2.36. The number of rotatable bonds is 5. The van der Waals surface area contributed by atoms with Crippen LogP contribution < -0.4 is 5.32 Å². The Morgan fingerprint density at radius 3 is 3.00 bits per heavy atom. The van der Waals surface area contributed by atoms with E-state index in [9.17, 15) is 0 Å².